The van der Waals surface area contributed by atoms with Crippen LogP contribution in [0.5, 0.6) is 11.5 Å². The molecule has 0 spiro atoms. The van der Waals surface area contributed by atoms with Crippen LogP contribution in [0.25, 0.3) is 11.3 Å². The first-order chi connectivity index (χ1) is 16.6. The van der Waals surface area contributed by atoms with Gasteiger partial charge in [0, 0.05) is 22.3 Å². The summed E-state index contributed by atoms with van der Waals surface area (Å²) in [5.41, 5.74) is 2.63. The van der Waals surface area contributed by atoms with E-state index in [1.54, 1.807) is 20.4 Å². The van der Waals surface area contributed by atoms with E-state index < -0.39 is 0 Å². The number of hydrogen-bond donors (Lipinski definition) is 1. The van der Waals surface area contributed by atoms with E-state index in [9.17, 15) is 0 Å². The predicted octanol–water partition coefficient (Wildman–Crippen LogP) is 6.30. The maximum Gasteiger partial charge on any atom is 0.174 e. The zero-order valence-electron chi connectivity index (χ0n) is 18.6. The largest absolute Gasteiger partial charge is 0.497 e. The van der Waals surface area contributed by atoms with E-state index in [0.717, 1.165) is 32.9 Å². The molecule has 172 valence electrons. The van der Waals surface area contributed by atoms with Gasteiger partial charge in [-0.2, -0.15) is 0 Å². The Bertz CT molecular complexity index is 1310. The minimum absolute atomic E-state index is 0.228. The first-order valence-corrected chi connectivity index (χ1v) is 11.9. The van der Waals surface area contributed by atoms with Crippen LogP contribution in [0.3, 0.4) is 0 Å². The Morgan fingerprint density at radius 3 is 2.53 bits per heavy atom. The number of furan rings is 1. The van der Waals surface area contributed by atoms with Crippen molar-refractivity contribution < 1.29 is 13.9 Å². The smallest absolute Gasteiger partial charge is 0.174 e. The van der Waals surface area contributed by atoms with Gasteiger partial charge in [-0.15, -0.1) is 0 Å². The highest BCUT2D eigenvalue weighted by atomic mass is 79.9. The Kier molecular flexibility index (Phi) is 6.26. The summed E-state index contributed by atoms with van der Waals surface area (Å²) < 4.78 is 18.6. The second-order valence-corrected chi connectivity index (χ2v) is 9.05. The average Bonchev–Trinajstić information content (AvgIpc) is 3.49. The van der Waals surface area contributed by atoms with Gasteiger partial charge in [0.15, 0.2) is 5.11 Å². The molecule has 1 aliphatic rings. The number of rotatable bonds is 6. The number of ether oxygens (including phenoxy) is 2. The van der Waals surface area contributed by atoms with E-state index in [1.165, 1.54) is 0 Å². The molecule has 1 saturated heterocycles. The first kappa shape index (κ1) is 22.4. The molecule has 0 bridgehead atoms. The fraction of sp³-hybridized carbons (Fsp3) is 0.154. The van der Waals surface area contributed by atoms with Gasteiger partial charge in [-0.25, -0.2) is 0 Å². The second-order valence-electron chi connectivity index (χ2n) is 7.74. The molecule has 0 unspecified atom stereocenters. The maximum absolute atomic E-state index is 6.42. The average molecular weight is 536 g/mol. The summed E-state index contributed by atoms with van der Waals surface area (Å²) in [5, 5.41) is 3.99. The molecule has 1 N–H and O–H groups in total. The number of methoxy groups -OCH3 is 2. The van der Waals surface area contributed by atoms with Crippen LogP contribution in [0.1, 0.15) is 23.5 Å². The molecule has 1 aliphatic heterocycles. The molecule has 6 nitrogen and oxygen atoms in total. The third-order valence-electron chi connectivity index (χ3n) is 5.79. The van der Waals surface area contributed by atoms with Crippen LogP contribution < -0.4 is 19.7 Å². The van der Waals surface area contributed by atoms with Crippen molar-refractivity contribution >= 4 is 38.9 Å². The number of pyridine rings is 1. The monoisotopic (exact) mass is 535 g/mol. The van der Waals surface area contributed by atoms with Gasteiger partial charge < -0.3 is 24.1 Å². The van der Waals surface area contributed by atoms with Gasteiger partial charge in [-0.3, -0.25) is 4.98 Å². The van der Waals surface area contributed by atoms with E-state index in [1.807, 2.05) is 77.7 Å². The number of hydrogen-bond acceptors (Lipinski definition) is 5. The second kappa shape index (κ2) is 9.48. The molecule has 0 amide bonds. The quantitative estimate of drug-likeness (QED) is 0.290. The summed E-state index contributed by atoms with van der Waals surface area (Å²) >= 11 is 9.31. The van der Waals surface area contributed by atoms with Crippen molar-refractivity contribution in [3.05, 3.63) is 94.9 Å². The molecule has 4 aromatic rings. The predicted molar refractivity (Wildman–Crippen MR) is 139 cm³/mol. The highest BCUT2D eigenvalue weighted by Crippen LogP contribution is 2.46. The lowest BCUT2D eigenvalue weighted by atomic mass is 10.0. The van der Waals surface area contributed by atoms with Crippen LogP contribution in [0.4, 0.5) is 5.69 Å². The third kappa shape index (κ3) is 4.15. The molecule has 1 fully saturated rings. The zero-order valence-corrected chi connectivity index (χ0v) is 21.0. The number of nitrogens with zero attached hydrogens (tertiary/aromatic N) is 2. The van der Waals surface area contributed by atoms with Crippen LogP contribution in [-0.2, 0) is 0 Å². The highest BCUT2D eigenvalue weighted by molar-refractivity contribution is 9.10. The van der Waals surface area contributed by atoms with Gasteiger partial charge in [0.2, 0.25) is 0 Å². The molecule has 0 saturated carbocycles. The van der Waals surface area contributed by atoms with Crippen LogP contribution in [0, 0.1) is 0 Å². The van der Waals surface area contributed by atoms with Crippen molar-refractivity contribution in [1.29, 1.82) is 0 Å². The standard InChI is InChI=1S/C26H22BrN3O3S/c1-31-18-10-11-22(32-2)20(15-18)30-25(24(29-26(30)34)19-5-3-4-14-28-19)23-13-12-21(33-23)16-6-8-17(27)9-7-16/h3-15,24-25H,1-2H3,(H,29,34)/t24-,25+/m0/s1. The number of benzene rings is 2. The van der Waals surface area contributed by atoms with Crippen LogP contribution in [-0.4, -0.2) is 24.3 Å². The molecule has 3 heterocycles. The number of anilines is 1. The first-order valence-electron chi connectivity index (χ1n) is 10.7. The van der Waals surface area contributed by atoms with Gasteiger partial charge in [0.05, 0.1) is 31.6 Å². The summed E-state index contributed by atoms with van der Waals surface area (Å²) in [7, 11) is 3.28. The van der Waals surface area contributed by atoms with Crippen molar-refractivity contribution in [1.82, 2.24) is 10.3 Å². The lowest BCUT2D eigenvalue weighted by molar-refractivity contribution is 0.400. The Morgan fingerprint density at radius 2 is 1.82 bits per heavy atom. The summed E-state index contributed by atoms with van der Waals surface area (Å²) in [6, 6.07) is 23.0. The van der Waals surface area contributed by atoms with E-state index in [0.29, 0.717) is 16.6 Å². The van der Waals surface area contributed by atoms with E-state index >= 15 is 0 Å². The van der Waals surface area contributed by atoms with Gasteiger partial charge in [0.25, 0.3) is 0 Å². The Labute approximate surface area is 211 Å². The van der Waals surface area contributed by atoms with Gasteiger partial charge in [-0.1, -0.05) is 34.1 Å². The molecule has 0 aliphatic carbocycles. The maximum atomic E-state index is 6.42. The van der Waals surface area contributed by atoms with Crippen LogP contribution in [0.15, 0.2) is 87.9 Å². The van der Waals surface area contributed by atoms with E-state index in [4.69, 9.17) is 26.1 Å². The molecule has 2 aromatic heterocycles. The van der Waals surface area contributed by atoms with Crippen LogP contribution in [0.2, 0.25) is 0 Å². The Morgan fingerprint density at radius 1 is 1.00 bits per heavy atom. The normalized spacial score (nSPS) is 17.5. The van der Waals surface area contributed by atoms with Crippen molar-refractivity contribution in [3.63, 3.8) is 0 Å². The SMILES string of the molecule is COc1ccc(OC)c(N2C(=S)N[C@@H](c3ccccn3)[C@H]2c2ccc(-c3ccc(Br)cc3)o2)c1. The van der Waals surface area contributed by atoms with Gasteiger partial charge in [0.1, 0.15) is 29.1 Å². The molecule has 8 heteroatoms. The number of nitrogens with one attached hydrogen (secondary N) is 1. The third-order valence-corrected chi connectivity index (χ3v) is 6.63. The fourth-order valence-electron chi connectivity index (χ4n) is 4.17. The molecular weight excluding hydrogens is 514 g/mol. The van der Waals surface area contributed by atoms with Gasteiger partial charge in [-0.05, 0) is 60.7 Å². The highest BCUT2D eigenvalue weighted by Gasteiger charge is 2.43. The van der Waals surface area contributed by atoms with Gasteiger partial charge >= 0.3 is 0 Å². The van der Waals surface area contributed by atoms with Crippen molar-refractivity contribution in [2.45, 2.75) is 12.1 Å². The lowest BCUT2D eigenvalue weighted by Gasteiger charge is -2.27. The number of aromatic nitrogens is 1. The van der Waals surface area contributed by atoms with Crippen molar-refractivity contribution in [3.8, 4) is 22.8 Å². The lowest BCUT2D eigenvalue weighted by Crippen LogP contribution is -2.29. The molecule has 0 radical (unpaired) electrons. The topological polar surface area (TPSA) is 59.8 Å². The van der Waals surface area contributed by atoms with Crippen molar-refractivity contribution in [2.24, 2.45) is 0 Å². The fourth-order valence-corrected chi connectivity index (χ4v) is 4.77. The summed E-state index contributed by atoms with van der Waals surface area (Å²) in [6.45, 7) is 0. The minimum atomic E-state index is -0.299. The number of thiocarbonyl (C=S) groups is 1. The summed E-state index contributed by atoms with van der Waals surface area (Å²) in [4.78, 5) is 6.61. The van der Waals surface area contributed by atoms with Crippen LogP contribution >= 0.6 is 28.1 Å². The van der Waals surface area contributed by atoms with E-state index in [2.05, 4.69) is 26.2 Å². The van der Waals surface area contributed by atoms with E-state index in [-0.39, 0.29) is 12.1 Å². The molecule has 34 heavy (non-hydrogen) atoms. The molecule has 2 atom stereocenters. The summed E-state index contributed by atoms with van der Waals surface area (Å²) in [6.07, 6.45) is 1.78. The summed E-state index contributed by atoms with van der Waals surface area (Å²) in [5.74, 6) is 2.91. The number of halogens is 1. The Balaban J connectivity index is 1.63. The molecule has 5 rings (SSSR count). The molecular formula is C26H22BrN3O3S. The van der Waals surface area contributed by atoms with Crippen molar-refractivity contribution in [2.75, 3.05) is 19.1 Å². The Hall–Kier alpha value is -3.36. The molecule has 2 aromatic carbocycles. The zero-order chi connectivity index (χ0) is 23.7. The minimum Gasteiger partial charge on any atom is -0.497 e.